The molecule has 0 radical (unpaired) electrons. The molecule has 9 aromatic rings. The predicted octanol–water partition coefficient (Wildman–Crippen LogP) is 10.3. The Balaban J connectivity index is 1.32. The Kier molecular flexibility index (Phi) is 4.25. The third kappa shape index (κ3) is 3.98. The molecule has 0 bridgehead atoms. The fourth-order valence-corrected chi connectivity index (χ4v) is 5.58. The summed E-state index contributed by atoms with van der Waals surface area (Å²) in [5, 5.41) is 2.29. The molecular formula is C39H23N3O2. The van der Waals surface area contributed by atoms with E-state index in [0.717, 1.165) is 16.4 Å². The van der Waals surface area contributed by atoms with Gasteiger partial charge in [0.2, 0.25) is 0 Å². The summed E-state index contributed by atoms with van der Waals surface area (Å²) < 4.78 is 66.0. The SMILES string of the molecule is [2H]c1c([2H])c(-c2ccccc2)c2c(oc3c([2H])c(-c4nc(-c5ccccc5)nc(-c5ccc6c(c5)oc5ccccc56)n4)c([2H])c([2H])c32)c1[2H]. The van der Waals surface area contributed by atoms with Crippen molar-refractivity contribution in [2.75, 3.05) is 0 Å². The molecule has 0 aliphatic rings. The van der Waals surface area contributed by atoms with E-state index in [2.05, 4.69) is 0 Å². The van der Waals surface area contributed by atoms with Gasteiger partial charge in [0.05, 0.1) is 8.22 Å². The third-order valence-electron chi connectivity index (χ3n) is 7.66. The fraction of sp³-hybridized carbons (Fsp3) is 0. The van der Waals surface area contributed by atoms with Crippen molar-refractivity contribution in [2.24, 2.45) is 0 Å². The van der Waals surface area contributed by atoms with Crippen LogP contribution in [0, 0.1) is 0 Å². The van der Waals surface area contributed by atoms with Crippen LogP contribution in [0.2, 0.25) is 0 Å². The average molecular weight is 572 g/mol. The van der Waals surface area contributed by atoms with E-state index in [4.69, 9.17) is 27.9 Å². The van der Waals surface area contributed by atoms with Gasteiger partial charge in [0, 0.05) is 38.2 Å². The summed E-state index contributed by atoms with van der Waals surface area (Å²) in [5.41, 5.74) is 3.48. The van der Waals surface area contributed by atoms with Gasteiger partial charge >= 0.3 is 0 Å². The second kappa shape index (κ2) is 9.75. The van der Waals surface area contributed by atoms with Crippen molar-refractivity contribution in [2.45, 2.75) is 0 Å². The highest BCUT2D eigenvalue weighted by Crippen LogP contribution is 2.38. The molecule has 0 N–H and O–H groups in total. The number of nitrogens with zero attached hydrogens (tertiary/aromatic N) is 3. The second-order valence-corrected chi connectivity index (χ2v) is 10.4. The summed E-state index contributed by atoms with van der Waals surface area (Å²) in [5.74, 6) is 0.591. The standard InChI is InChI=1S/C39H23N3O2/c1-3-10-24(11-4-1)28-15-9-17-33-36(28)31-21-19-27(23-35(31)44-33)39-41-37(25-12-5-2-6-13-25)40-38(42-39)26-18-20-30-29-14-7-8-16-32(29)43-34(30)22-26/h1-23H/i9D,15D,17D,19D,21D,23D. The van der Waals surface area contributed by atoms with Crippen molar-refractivity contribution in [1.82, 2.24) is 15.0 Å². The molecule has 0 saturated heterocycles. The lowest BCUT2D eigenvalue weighted by atomic mass is 9.99. The monoisotopic (exact) mass is 571 g/mol. The van der Waals surface area contributed by atoms with Crippen LogP contribution < -0.4 is 0 Å². The van der Waals surface area contributed by atoms with Gasteiger partial charge in [-0.1, -0.05) is 103 Å². The van der Waals surface area contributed by atoms with Crippen molar-refractivity contribution >= 4 is 43.9 Å². The zero-order valence-corrected chi connectivity index (χ0v) is 23.0. The van der Waals surface area contributed by atoms with Gasteiger partial charge in [-0.25, -0.2) is 15.0 Å². The van der Waals surface area contributed by atoms with Crippen LogP contribution in [0.4, 0.5) is 0 Å². The molecule has 0 atom stereocenters. The first-order valence-electron chi connectivity index (χ1n) is 17.0. The summed E-state index contributed by atoms with van der Waals surface area (Å²) in [6, 6.07) is 30.0. The maximum atomic E-state index is 9.35. The molecule has 5 nitrogen and oxygen atoms in total. The number of furan rings is 2. The first-order valence-corrected chi connectivity index (χ1v) is 14.0. The quantitative estimate of drug-likeness (QED) is 0.210. The van der Waals surface area contributed by atoms with Crippen LogP contribution in [0.15, 0.2) is 148 Å². The number of rotatable bonds is 4. The van der Waals surface area contributed by atoms with Crippen molar-refractivity contribution in [3.63, 3.8) is 0 Å². The van der Waals surface area contributed by atoms with E-state index in [-0.39, 0.29) is 75.4 Å². The Morgan fingerprint density at radius 1 is 0.455 bits per heavy atom. The smallest absolute Gasteiger partial charge is 0.164 e. The minimum atomic E-state index is -0.337. The zero-order chi connectivity index (χ0) is 34.3. The largest absolute Gasteiger partial charge is 0.456 e. The molecule has 0 saturated carbocycles. The van der Waals surface area contributed by atoms with E-state index in [1.165, 1.54) is 0 Å². The summed E-state index contributed by atoms with van der Waals surface area (Å²) in [6.07, 6.45) is 0. The minimum absolute atomic E-state index is 0.00107. The molecule has 0 unspecified atom stereocenters. The van der Waals surface area contributed by atoms with Crippen molar-refractivity contribution in [1.29, 1.82) is 0 Å². The molecule has 206 valence electrons. The van der Waals surface area contributed by atoms with Gasteiger partial charge in [-0.2, -0.15) is 0 Å². The van der Waals surface area contributed by atoms with E-state index in [9.17, 15) is 4.11 Å². The third-order valence-corrected chi connectivity index (χ3v) is 7.66. The summed E-state index contributed by atoms with van der Waals surface area (Å²) >= 11 is 0. The first-order chi connectivity index (χ1) is 24.3. The first kappa shape index (κ1) is 19.2. The minimum Gasteiger partial charge on any atom is -0.456 e. The van der Waals surface area contributed by atoms with Crippen LogP contribution >= 0.6 is 0 Å². The Labute approximate surface area is 260 Å². The second-order valence-electron chi connectivity index (χ2n) is 10.4. The number of aromatic nitrogens is 3. The van der Waals surface area contributed by atoms with Gasteiger partial charge in [-0.05, 0) is 47.5 Å². The Hall–Kier alpha value is -6.07. The highest BCUT2D eigenvalue weighted by Gasteiger charge is 2.17. The zero-order valence-electron chi connectivity index (χ0n) is 29.0. The van der Waals surface area contributed by atoms with E-state index in [1.807, 2.05) is 78.9 Å². The van der Waals surface area contributed by atoms with Gasteiger partial charge < -0.3 is 8.83 Å². The van der Waals surface area contributed by atoms with Gasteiger partial charge in [-0.15, -0.1) is 0 Å². The van der Waals surface area contributed by atoms with Gasteiger partial charge in [-0.3, -0.25) is 0 Å². The molecular weight excluding hydrogens is 542 g/mol. The van der Waals surface area contributed by atoms with Crippen LogP contribution in [0.25, 0.3) is 89.2 Å². The molecule has 6 aromatic carbocycles. The lowest BCUT2D eigenvalue weighted by Gasteiger charge is -2.08. The number of hydrogen-bond acceptors (Lipinski definition) is 5. The average Bonchev–Trinajstić information content (AvgIpc) is 3.73. The Morgan fingerprint density at radius 3 is 1.93 bits per heavy atom. The topological polar surface area (TPSA) is 65.0 Å². The lowest BCUT2D eigenvalue weighted by molar-refractivity contribution is 0.668. The van der Waals surface area contributed by atoms with Crippen molar-refractivity contribution < 1.29 is 17.1 Å². The summed E-state index contributed by atoms with van der Waals surface area (Å²) in [6.45, 7) is 0. The number of para-hydroxylation sites is 1. The number of benzene rings is 6. The van der Waals surface area contributed by atoms with E-state index in [0.29, 0.717) is 33.7 Å². The molecule has 3 heterocycles. The van der Waals surface area contributed by atoms with Gasteiger partial charge in [0.15, 0.2) is 17.5 Å². The molecule has 5 heteroatoms. The predicted molar refractivity (Wildman–Crippen MR) is 176 cm³/mol. The molecule has 9 rings (SSSR count). The summed E-state index contributed by atoms with van der Waals surface area (Å²) in [4.78, 5) is 14.3. The molecule has 0 aliphatic carbocycles. The maximum absolute atomic E-state index is 9.35. The lowest BCUT2D eigenvalue weighted by Crippen LogP contribution is -2.00. The molecule has 0 amide bonds. The fourth-order valence-electron chi connectivity index (χ4n) is 5.58. The number of hydrogen-bond donors (Lipinski definition) is 0. The molecule has 3 aromatic heterocycles. The van der Waals surface area contributed by atoms with Gasteiger partial charge in [0.1, 0.15) is 22.3 Å². The molecule has 44 heavy (non-hydrogen) atoms. The molecule has 0 aliphatic heterocycles. The Morgan fingerprint density at radius 2 is 1.11 bits per heavy atom. The van der Waals surface area contributed by atoms with Crippen LogP contribution in [0.5, 0.6) is 0 Å². The van der Waals surface area contributed by atoms with E-state index >= 15 is 0 Å². The highest BCUT2D eigenvalue weighted by atomic mass is 16.3. The molecule has 0 fully saturated rings. The van der Waals surface area contributed by atoms with Crippen molar-refractivity contribution in [3.05, 3.63) is 139 Å². The Bertz CT molecular complexity index is 2840. The van der Waals surface area contributed by atoms with Gasteiger partial charge in [0.25, 0.3) is 0 Å². The van der Waals surface area contributed by atoms with Crippen LogP contribution in [0.1, 0.15) is 8.22 Å². The van der Waals surface area contributed by atoms with Crippen LogP contribution in [-0.2, 0) is 0 Å². The van der Waals surface area contributed by atoms with E-state index < -0.39 is 0 Å². The maximum Gasteiger partial charge on any atom is 0.164 e. The summed E-state index contributed by atoms with van der Waals surface area (Å²) in [7, 11) is 0. The van der Waals surface area contributed by atoms with E-state index in [1.54, 1.807) is 24.3 Å². The molecule has 0 spiro atoms. The van der Waals surface area contributed by atoms with Crippen molar-refractivity contribution in [3.8, 4) is 45.3 Å². The highest BCUT2D eigenvalue weighted by molar-refractivity contribution is 6.13. The van der Waals surface area contributed by atoms with Crippen LogP contribution in [-0.4, -0.2) is 15.0 Å². The van der Waals surface area contributed by atoms with Crippen LogP contribution in [0.3, 0.4) is 0 Å². The number of fused-ring (bicyclic) bond motifs is 6. The normalized spacial score (nSPS) is 13.5.